The monoisotopic (exact) mass is 521 g/mol. The van der Waals surface area contributed by atoms with E-state index in [0.29, 0.717) is 18.4 Å². The maximum atomic E-state index is 15.5. The first-order valence-corrected chi connectivity index (χ1v) is 13.2. The minimum atomic E-state index is -3.85. The molecule has 2 heterocycles. The summed E-state index contributed by atoms with van der Waals surface area (Å²) in [5, 5.41) is 5.07. The van der Waals surface area contributed by atoms with Crippen LogP contribution < -0.4 is 5.76 Å². The lowest BCUT2D eigenvalue weighted by Gasteiger charge is -2.48. The van der Waals surface area contributed by atoms with Crippen molar-refractivity contribution in [2.75, 3.05) is 0 Å². The summed E-state index contributed by atoms with van der Waals surface area (Å²) >= 11 is 0. The third-order valence-corrected chi connectivity index (χ3v) is 9.73. The first kappa shape index (κ1) is 24.8. The van der Waals surface area contributed by atoms with E-state index in [1.165, 1.54) is 11.2 Å². The molecule has 0 unspecified atom stereocenters. The van der Waals surface area contributed by atoms with E-state index in [4.69, 9.17) is 4.42 Å². The summed E-state index contributed by atoms with van der Waals surface area (Å²) in [7, 11) is -3.85. The summed E-state index contributed by atoms with van der Waals surface area (Å²) < 4.78 is 78.6. The highest BCUT2D eigenvalue weighted by Crippen LogP contribution is 2.56. The molecule has 3 aromatic rings. The molecule has 7 nitrogen and oxygen atoms in total. The Morgan fingerprint density at radius 3 is 2.44 bits per heavy atom. The number of H-pyrrole nitrogens is 1. The van der Waals surface area contributed by atoms with Gasteiger partial charge in [0, 0.05) is 23.7 Å². The van der Waals surface area contributed by atoms with Gasteiger partial charge in [-0.25, -0.2) is 31.5 Å². The number of hydrogen-bond acceptors (Lipinski definition) is 5. The first-order chi connectivity index (χ1) is 16.9. The van der Waals surface area contributed by atoms with Crippen LogP contribution in [0.15, 0.2) is 51.7 Å². The molecule has 2 fully saturated rings. The van der Waals surface area contributed by atoms with Gasteiger partial charge in [0.25, 0.3) is 0 Å². The zero-order valence-electron chi connectivity index (χ0n) is 19.8. The number of aromatic nitrogens is 2. The molecule has 11 heteroatoms. The van der Waals surface area contributed by atoms with Crippen molar-refractivity contribution < 1.29 is 26.0 Å². The van der Waals surface area contributed by atoms with Crippen LogP contribution in [0, 0.1) is 11.6 Å². The molecule has 1 N–H and O–H groups in total. The van der Waals surface area contributed by atoms with Crippen LogP contribution >= 0.6 is 0 Å². The van der Waals surface area contributed by atoms with Gasteiger partial charge in [-0.2, -0.15) is 4.31 Å². The molecule has 1 saturated heterocycles. The van der Waals surface area contributed by atoms with Gasteiger partial charge >= 0.3 is 5.76 Å². The third kappa shape index (κ3) is 4.07. The fourth-order valence-electron chi connectivity index (χ4n) is 5.69. The van der Waals surface area contributed by atoms with Crippen LogP contribution in [0.1, 0.15) is 67.4 Å². The van der Waals surface area contributed by atoms with E-state index in [2.05, 4.69) is 10.2 Å². The number of nitrogens with one attached hydrogen (secondary N) is 1. The summed E-state index contributed by atoms with van der Waals surface area (Å²) in [5.41, 5.74) is -2.80. The standard InChI is InChI=1S/C25H26F3N3O4S/c1-15-8-9-21(16-6-4-3-5-7-16)36(33,34)31(15)12-17-10-20(27)18(11-19(17)26)25(13-24(2,28)14-25)22-29-30-23(32)35-22/h3-7,10-11,15,21H,8-9,12-14H2,1-2H3,(H,30,32)/t15-,21+,24?,25?/m0/s1. The Labute approximate surface area is 206 Å². The molecule has 1 aromatic heterocycles. The van der Waals surface area contributed by atoms with Crippen molar-refractivity contribution in [3.8, 4) is 0 Å². The number of halogens is 3. The second-order valence-electron chi connectivity index (χ2n) is 10.1. The first-order valence-electron chi connectivity index (χ1n) is 11.7. The molecule has 1 aliphatic carbocycles. The van der Waals surface area contributed by atoms with E-state index >= 15 is 8.78 Å². The summed E-state index contributed by atoms with van der Waals surface area (Å²) in [5.74, 6) is -2.78. The average Bonchev–Trinajstić information content (AvgIpc) is 3.23. The van der Waals surface area contributed by atoms with Gasteiger partial charge in [-0.1, -0.05) is 30.3 Å². The number of aromatic amines is 1. The van der Waals surface area contributed by atoms with Crippen molar-refractivity contribution >= 4 is 10.0 Å². The van der Waals surface area contributed by atoms with Gasteiger partial charge in [0.05, 0.1) is 5.41 Å². The Morgan fingerprint density at radius 2 is 1.83 bits per heavy atom. The fourth-order valence-corrected chi connectivity index (χ4v) is 7.88. The largest absolute Gasteiger partial charge is 0.434 e. The Morgan fingerprint density at radius 1 is 1.14 bits per heavy atom. The van der Waals surface area contributed by atoms with Crippen molar-refractivity contribution in [3.63, 3.8) is 0 Å². The molecule has 2 aliphatic rings. The number of benzene rings is 2. The number of hydrogen-bond donors (Lipinski definition) is 1. The zero-order valence-corrected chi connectivity index (χ0v) is 20.6. The number of nitrogens with zero attached hydrogens (tertiary/aromatic N) is 2. The lowest BCUT2D eigenvalue weighted by molar-refractivity contribution is 0.00385. The highest BCUT2D eigenvalue weighted by molar-refractivity contribution is 7.89. The van der Waals surface area contributed by atoms with Crippen LogP contribution in [0.3, 0.4) is 0 Å². The van der Waals surface area contributed by atoms with E-state index in [1.807, 2.05) is 0 Å². The molecule has 2 aromatic carbocycles. The maximum Gasteiger partial charge on any atom is 0.434 e. The van der Waals surface area contributed by atoms with Crippen molar-refractivity contribution in [1.82, 2.24) is 14.5 Å². The van der Waals surface area contributed by atoms with E-state index in [9.17, 15) is 17.6 Å². The molecule has 5 rings (SSSR count). The summed E-state index contributed by atoms with van der Waals surface area (Å²) in [6.07, 6.45) is 0.496. The Balaban J connectivity index is 1.49. The Kier molecular flexibility index (Phi) is 5.90. The molecule has 192 valence electrons. The van der Waals surface area contributed by atoms with Crippen LogP contribution in [0.5, 0.6) is 0 Å². The van der Waals surface area contributed by atoms with Gasteiger partial charge in [0.2, 0.25) is 15.9 Å². The smallest absolute Gasteiger partial charge is 0.391 e. The predicted molar refractivity (Wildman–Crippen MR) is 125 cm³/mol. The summed E-state index contributed by atoms with van der Waals surface area (Å²) in [6.45, 7) is 2.72. The topological polar surface area (TPSA) is 96.3 Å². The van der Waals surface area contributed by atoms with E-state index in [-0.39, 0.29) is 36.4 Å². The Hall–Kier alpha value is -2.92. The maximum absolute atomic E-state index is 15.5. The molecule has 0 bridgehead atoms. The van der Waals surface area contributed by atoms with Gasteiger partial charge in [-0.05, 0) is 57.2 Å². The van der Waals surface area contributed by atoms with Crippen molar-refractivity contribution in [3.05, 3.63) is 87.2 Å². The molecule has 2 atom stereocenters. The molecule has 1 saturated carbocycles. The van der Waals surface area contributed by atoms with Crippen molar-refractivity contribution in [2.24, 2.45) is 0 Å². The lowest BCUT2D eigenvalue weighted by Crippen LogP contribution is -2.51. The Bertz CT molecular complexity index is 1440. The SMILES string of the molecule is C[C@H]1CC[C@H](c2ccccc2)S(=O)(=O)N1Cc1cc(F)c(C2(c3n[nH]c(=O)o3)CC(C)(F)C2)cc1F. The van der Waals surface area contributed by atoms with Gasteiger partial charge in [0.1, 0.15) is 22.6 Å². The minimum Gasteiger partial charge on any atom is -0.391 e. The highest BCUT2D eigenvalue weighted by atomic mass is 32.2. The summed E-state index contributed by atoms with van der Waals surface area (Å²) in [6, 6.07) is 10.3. The fraction of sp³-hybridized carbons (Fsp3) is 0.440. The number of sulfonamides is 1. The minimum absolute atomic E-state index is 0.138. The van der Waals surface area contributed by atoms with E-state index < -0.39 is 49.8 Å². The third-order valence-electron chi connectivity index (χ3n) is 7.36. The van der Waals surface area contributed by atoms with Crippen molar-refractivity contribution in [2.45, 2.75) is 68.5 Å². The van der Waals surface area contributed by atoms with Crippen LogP contribution in [-0.2, 0) is 22.0 Å². The quantitative estimate of drug-likeness (QED) is 0.533. The second kappa shape index (κ2) is 8.58. The number of rotatable bonds is 5. The van der Waals surface area contributed by atoms with Crippen molar-refractivity contribution in [1.29, 1.82) is 0 Å². The van der Waals surface area contributed by atoms with Crippen LogP contribution in [-0.4, -0.2) is 34.6 Å². The average molecular weight is 522 g/mol. The van der Waals surface area contributed by atoms with Gasteiger partial charge in [-0.15, -0.1) is 5.10 Å². The second-order valence-corrected chi connectivity index (χ2v) is 12.2. The van der Waals surface area contributed by atoms with Crippen LogP contribution in [0.2, 0.25) is 0 Å². The van der Waals surface area contributed by atoms with E-state index in [1.54, 1.807) is 37.3 Å². The molecular formula is C25H26F3N3O4S. The zero-order chi connectivity index (χ0) is 25.9. The molecule has 0 spiro atoms. The molecule has 1 aliphatic heterocycles. The van der Waals surface area contributed by atoms with E-state index in [0.717, 1.165) is 12.1 Å². The normalized spacial score (nSPS) is 30.1. The van der Waals surface area contributed by atoms with Gasteiger partial charge in [-0.3, -0.25) is 0 Å². The predicted octanol–water partition coefficient (Wildman–Crippen LogP) is 4.50. The summed E-state index contributed by atoms with van der Waals surface area (Å²) in [4.78, 5) is 11.5. The lowest BCUT2D eigenvalue weighted by atomic mass is 9.57. The van der Waals surface area contributed by atoms with Crippen LogP contribution in [0.25, 0.3) is 0 Å². The van der Waals surface area contributed by atoms with Gasteiger partial charge < -0.3 is 4.42 Å². The molecule has 36 heavy (non-hydrogen) atoms. The molecule has 0 radical (unpaired) electrons. The highest BCUT2D eigenvalue weighted by Gasteiger charge is 2.59. The van der Waals surface area contributed by atoms with Gasteiger partial charge in [0.15, 0.2) is 0 Å². The molecular weight excluding hydrogens is 495 g/mol. The molecule has 0 amide bonds. The number of alkyl halides is 1. The van der Waals surface area contributed by atoms with Crippen LogP contribution in [0.4, 0.5) is 13.2 Å².